The summed E-state index contributed by atoms with van der Waals surface area (Å²) in [5, 5.41) is 2.92. The molecular weight excluding hydrogens is 399 g/mol. The van der Waals surface area contributed by atoms with E-state index in [1.807, 2.05) is 45.0 Å². The minimum Gasteiger partial charge on any atom is -0.354 e. The van der Waals surface area contributed by atoms with E-state index in [2.05, 4.69) is 5.32 Å². The van der Waals surface area contributed by atoms with Gasteiger partial charge in [0.05, 0.1) is 5.75 Å². The van der Waals surface area contributed by atoms with Crippen LogP contribution in [-0.2, 0) is 21.9 Å². The van der Waals surface area contributed by atoms with E-state index in [9.17, 15) is 14.0 Å². The van der Waals surface area contributed by atoms with Crippen LogP contribution in [0.15, 0.2) is 48.5 Å². The Morgan fingerprint density at radius 2 is 1.73 bits per heavy atom. The van der Waals surface area contributed by atoms with Crippen molar-refractivity contribution in [1.29, 1.82) is 0 Å². The molecule has 0 saturated carbocycles. The van der Waals surface area contributed by atoms with E-state index in [1.54, 1.807) is 23.1 Å². The predicted molar refractivity (Wildman–Crippen MR) is 122 cm³/mol. The first-order valence-electron chi connectivity index (χ1n) is 10.4. The number of nitrogens with one attached hydrogen (secondary N) is 1. The van der Waals surface area contributed by atoms with Crippen molar-refractivity contribution in [1.82, 2.24) is 10.2 Å². The van der Waals surface area contributed by atoms with E-state index < -0.39 is 6.04 Å². The van der Waals surface area contributed by atoms with E-state index in [1.165, 1.54) is 17.8 Å². The van der Waals surface area contributed by atoms with E-state index in [0.29, 0.717) is 30.8 Å². The molecule has 30 heavy (non-hydrogen) atoms. The summed E-state index contributed by atoms with van der Waals surface area (Å²) in [7, 11) is 0. The molecule has 0 spiro atoms. The van der Waals surface area contributed by atoms with Gasteiger partial charge in [-0.1, -0.05) is 56.3 Å². The molecule has 0 saturated heterocycles. The highest BCUT2D eigenvalue weighted by atomic mass is 32.2. The van der Waals surface area contributed by atoms with Crippen molar-refractivity contribution in [3.8, 4) is 0 Å². The molecule has 6 heteroatoms. The van der Waals surface area contributed by atoms with Crippen LogP contribution in [0.1, 0.15) is 43.4 Å². The molecule has 4 nitrogen and oxygen atoms in total. The number of rotatable bonds is 11. The normalized spacial score (nSPS) is 11.7. The lowest BCUT2D eigenvalue weighted by molar-refractivity contribution is -0.139. The first kappa shape index (κ1) is 23.9. The zero-order chi connectivity index (χ0) is 21.9. The summed E-state index contributed by atoms with van der Waals surface area (Å²) < 4.78 is 13.8. The first-order valence-corrected chi connectivity index (χ1v) is 11.6. The number of thioether (sulfide) groups is 1. The molecule has 162 valence electrons. The van der Waals surface area contributed by atoms with Crippen molar-refractivity contribution >= 4 is 23.6 Å². The van der Waals surface area contributed by atoms with Crippen molar-refractivity contribution in [3.63, 3.8) is 0 Å². The second-order valence-corrected chi connectivity index (χ2v) is 8.23. The quantitative estimate of drug-likeness (QED) is 0.562. The van der Waals surface area contributed by atoms with Crippen LogP contribution in [0.3, 0.4) is 0 Å². The lowest BCUT2D eigenvalue weighted by atomic mass is 10.1. The number of carbonyl (C=O) groups is 2. The van der Waals surface area contributed by atoms with Gasteiger partial charge in [-0.25, -0.2) is 4.39 Å². The zero-order valence-corrected chi connectivity index (χ0v) is 18.8. The minimum atomic E-state index is -0.530. The van der Waals surface area contributed by atoms with Crippen LogP contribution in [0.25, 0.3) is 0 Å². The fraction of sp³-hybridized carbons (Fsp3) is 0.417. The average Bonchev–Trinajstić information content (AvgIpc) is 2.74. The molecule has 0 aliphatic heterocycles. The van der Waals surface area contributed by atoms with Gasteiger partial charge in [-0.05, 0) is 42.5 Å². The molecule has 2 aromatic carbocycles. The fourth-order valence-corrected chi connectivity index (χ4v) is 4.10. The lowest BCUT2D eigenvalue weighted by Gasteiger charge is -2.31. The first-order chi connectivity index (χ1) is 14.5. The number of nitrogens with zero attached hydrogens (tertiary/aromatic N) is 1. The second-order valence-electron chi connectivity index (χ2n) is 7.25. The smallest absolute Gasteiger partial charge is 0.242 e. The Morgan fingerprint density at radius 1 is 1.07 bits per heavy atom. The van der Waals surface area contributed by atoms with Gasteiger partial charge in [0, 0.05) is 18.8 Å². The van der Waals surface area contributed by atoms with Crippen molar-refractivity contribution in [2.45, 2.75) is 52.0 Å². The van der Waals surface area contributed by atoms with Crippen LogP contribution in [0.2, 0.25) is 0 Å². The molecular formula is C24H31FN2O2S. The molecule has 0 aromatic heterocycles. The average molecular weight is 431 g/mol. The Bertz CT molecular complexity index is 843. The number of hydrogen-bond acceptors (Lipinski definition) is 3. The molecule has 1 atom stereocenters. The Morgan fingerprint density at radius 3 is 2.37 bits per heavy atom. The SMILES string of the molecule is CCCNC(=O)[C@@H](CC)N(Cc1ccccc1C)C(=O)CSCc1ccccc1F. The van der Waals surface area contributed by atoms with Gasteiger partial charge in [0.15, 0.2) is 0 Å². The van der Waals surface area contributed by atoms with E-state index in [0.717, 1.165) is 17.5 Å². The molecule has 0 bridgehead atoms. The fourth-order valence-electron chi connectivity index (χ4n) is 3.20. The summed E-state index contributed by atoms with van der Waals surface area (Å²) in [6.45, 7) is 6.88. The number of carbonyl (C=O) groups excluding carboxylic acids is 2. The van der Waals surface area contributed by atoms with E-state index in [-0.39, 0.29) is 23.4 Å². The number of benzene rings is 2. The van der Waals surface area contributed by atoms with Crippen molar-refractivity contribution < 1.29 is 14.0 Å². The van der Waals surface area contributed by atoms with Gasteiger partial charge in [0.1, 0.15) is 11.9 Å². The summed E-state index contributed by atoms with van der Waals surface area (Å²) in [4.78, 5) is 27.5. The minimum absolute atomic E-state index is 0.113. The Labute approximate surface area is 183 Å². The monoisotopic (exact) mass is 430 g/mol. The van der Waals surface area contributed by atoms with Crippen LogP contribution in [0, 0.1) is 12.7 Å². The highest BCUT2D eigenvalue weighted by Gasteiger charge is 2.28. The van der Waals surface area contributed by atoms with Gasteiger partial charge in [-0.15, -0.1) is 11.8 Å². The molecule has 0 fully saturated rings. The third-order valence-corrected chi connectivity index (χ3v) is 5.94. The molecule has 2 aromatic rings. The topological polar surface area (TPSA) is 49.4 Å². The van der Waals surface area contributed by atoms with Crippen molar-refractivity contribution in [3.05, 3.63) is 71.0 Å². The summed E-state index contributed by atoms with van der Waals surface area (Å²) in [6, 6.07) is 13.9. The van der Waals surface area contributed by atoms with E-state index in [4.69, 9.17) is 0 Å². The molecule has 1 N–H and O–H groups in total. The predicted octanol–water partition coefficient (Wildman–Crippen LogP) is 4.70. The van der Waals surface area contributed by atoms with Crippen molar-refractivity contribution in [2.75, 3.05) is 12.3 Å². The molecule has 0 aliphatic carbocycles. The lowest BCUT2D eigenvalue weighted by Crippen LogP contribution is -2.49. The highest BCUT2D eigenvalue weighted by Crippen LogP contribution is 2.19. The standard InChI is InChI=1S/C24H31FN2O2S/c1-4-14-26-24(29)22(5-2)27(15-19-11-7-6-10-18(19)3)23(28)17-30-16-20-12-8-9-13-21(20)25/h6-13,22H,4-5,14-17H2,1-3H3,(H,26,29)/t22-/m1/s1. The van der Waals surface area contributed by atoms with Crippen LogP contribution in [0.5, 0.6) is 0 Å². The molecule has 2 rings (SSSR count). The summed E-state index contributed by atoms with van der Waals surface area (Å²) in [6.07, 6.45) is 1.37. The van der Waals surface area contributed by atoms with Crippen LogP contribution in [0.4, 0.5) is 4.39 Å². The third-order valence-electron chi connectivity index (χ3n) is 4.98. The molecule has 0 radical (unpaired) electrons. The maximum atomic E-state index is 13.8. The largest absolute Gasteiger partial charge is 0.354 e. The molecule has 2 amide bonds. The molecule has 0 unspecified atom stereocenters. The van der Waals surface area contributed by atoms with Gasteiger partial charge in [-0.3, -0.25) is 9.59 Å². The van der Waals surface area contributed by atoms with E-state index >= 15 is 0 Å². The van der Waals surface area contributed by atoms with Gasteiger partial charge in [0.25, 0.3) is 0 Å². The third kappa shape index (κ3) is 6.87. The Balaban J connectivity index is 2.14. The number of halogens is 1. The van der Waals surface area contributed by atoms with Gasteiger partial charge >= 0.3 is 0 Å². The maximum absolute atomic E-state index is 13.8. The van der Waals surface area contributed by atoms with Gasteiger partial charge in [0.2, 0.25) is 11.8 Å². The Hall–Kier alpha value is -2.34. The summed E-state index contributed by atoms with van der Waals surface area (Å²) in [5.74, 6) is 0.103. The summed E-state index contributed by atoms with van der Waals surface area (Å²) >= 11 is 1.37. The zero-order valence-electron chi connectivity index (χ0n) is 18.0. The molecule has 0 heterocycles. The van der Waals surface area contributed by atoms with Gasteiger partial charge < -0.3 is 10.2 Å². The van der Waals surface area contributed by atoms with Crippen LogP contribution >= 0.6 is 11.8 Å². The van der Waals surface area contributed by atoms with Gasteiger partial charge in [-0.2, -0.15) is 0 Å². The second kappa shape index (κ2) is 12.4. The maximum Gasteiger partial charge on any atom is 0.242 e. The highest BCUT2D eigenvalue weighted by molar-refractivity contribution is 7.99. The van der Waals surface area contributed by atoms with Crippen molar-refractivity contribution in [2.24, 2.45) is 0 Å². The molecule has 0 aliphatic rings. The number of hydrogen-bond donors (Lipinski definition) is 1. The Kier molecular flexibility index (Phi) is 9.87. The number of amides is 2. The summed E-state index contributed by atoms with van der Waals surface area (Å²) in [5.41, 5.74) is 2.68. The number of aryl methyl sites for hydroxylation is 1. The van der Waals surface area contributed by atoms with Crippen LogP contribution < -0.4 is 5.32 Å². The van der Waals surface area contributed by atoms with Crippen LogP contribution in [-0.4, -0.2) is 35.1 Å².